The summed E-state index contributed by atoms with van der Waals surface area (Å²) < 4.78 is 0. The van der Waals surface area contributed by atoms with Crippen LogP contribution in [0.15, 0.2) is 0 Å². The third-order valence-electron chi connectivity index (χ3n) is 3.16. The molecule has 5 heteroatoms. The molecule has 5 N–H and O–H groups in total. The molecule has 0 bridgehead atoms. The van der Waals surface area contributed by atoms with Crippen LogP contribution in [0.4, 0.5) is 0 Å². The molecule has 0 spiro atoms. The van der Waals surface area contributed by atoms with E-state index in [-0.39, 0.29) is 24.2 Å². The van der Waals surface area contributed by atoms with E-state index in [9.17, 15) is 9.59 Å². The zero-order valence-electron chi connectivity index (χ0n) is 9.58. The van der Waals surface area contributed by atoms with Crippen LogP contribution in [0.25, 0.3) is 0 Å². The first-order chi connectivity index (χ1) is 7.63. The fraction of sp³-hybridized carbons (Fsp3) is 0.818. The maximum absolute atomic E-state index is 11.7. The average molecular weight is 227 g/mol. The van der Waals surface area contributed by atoms with Gasteiger partial charge in [-0.1, -0.05) is 6.42 Å². The lowest BCUT2D eigenvalue weighted by atomic mass is 9.81. The minimum atomic E-state index is -0.385. The van der Waals surface area contributed by atoms with Gasteiger partial charge in [-0.3, -0.25) is 9.59 Å². The molecule has 0 aromatic heterocycles. The smallest absolute Gasteiger partial charge is 0.223 e. The minimum Gasteiger partial charge on any atom is -0.370 e. The summed E-state index contributed by atoms with van der Waals surface area (Å²) >= 11 is 0. The van der Waals surface area contributed by atoms with Crippen LogP contribution in [0.5, 0.6) is 0 Å². The van der Waals surface area contributed by atoms with Gasteiger partial charge >= 0.3 is 0 Å². The Morgan fingerprint density at radius 1 is 1.31 bits per heavy atom. The molecule has 2 amide bonds. The van der Waals surface area contributed by atoms with Gasteiger partial charge in [0.1, 0.15) is 0 Å². The fourth-order valence-corrected chi connectivity index (χ4v) is 2.20. The van der Waals surface area contributed by atoms with Crippen LogP contribution in [0, 0.1) is 11.8 Å². The molecule has 0 aromatic rings. The Balaban J connectivity index is 2.27. The summed E-state index contributed by atoms with van der Waals surface area (Å²) in [6, 6.07) is 0. The Morgan fingerprint density at radius 3 is 2.69 bits per heavy atom. The average Bonchev–Trinajstić information content (AvgIpc) is 2.28. The molecule has 1 aliphatic rings. The first kappa shape index (κ1) is 13.0. The molecule has 0 aromatic carbocycles. The highest BCUT2D eigenvalue weighted by Crippen LogP contribution is 2.28. The standard InChI is InChI=1S/C11H21N3O2/c12-7-8-2-1-3-9(6-8)11(16)14-5-4-10(13)15/h8-9H,1-7,12H2,(H2,13,15)(H,14,16). The zero-order valence-corrected chi connectivity index (χ0v) is 9.58. The SMILES string of the molecule is NCC1CCCC(C(=O)NCCC(N)=O)C1. The number of rotatable bonds is 5. The lowest BCUT2D eigenvalue weighted by Crippen LogP contribution is -2.36. The van der Waals surface area contributed by atoms with E-state index in [0.717, 1.165) is 25.7 Å². The summed E-state index contributed by atoms with van der Waals surface area (Å²) in [5, 5.41) is 2.75. The van der Waals surface area contributed by atoms with Crippen molar-refractivity contribution >= 4 is 11.8 Å². The molecule has 1 aliphatic carbocycles. The maximum Gasteiger partial charge on any atom is 0.223 e. The van der Waals surface area contributed by atoms with Crippen LogP contribution in [0.1, 0.15) is 32.1 Å². The van der Waals surface area contributed by atoms with Gasteiger partial charge in [0.05, 0.1) is 0 Å². The number of nitrogens with two attached hydrogens (primary N) is 2. The predicted molar refractivity (Wildman–Crippen MR) is 61.3 cm³/mol. The molecule has 5 nitrogen and oxygen atoms in total. The summed E-state index contributed by atoms with van der Waals surface area (Å²) in [5.41, 5.74) is 10.6. The molecule has 1 saturated carbocycles. The lowest BCUT2D eigenvalue weighted by molar-refractivity contribution is -0.126. The molecule has 1 rings (SSSR count). The second-order valence-electron chi connectivity index (χ2n) is 4.47. The van der Waals surface area contributed by atoms with Crippen molar-refractivity contribution in [2.24, 2.45) is 23.3 Å². The van der Waals surface area contributed by atoms with Gasteiger partial charge in [-0.2, -0.15) is 0 Å². The molecular formula is C11H21N3O2. The monoisotopic (exact) mass is 227 g/mol. The topological polar surface area (TPSA) is 98.2 Å². The number of primary amides is 1. The normalized spacial score (nSPS) is 25.1. The lowest BCUT2D eigenvalue weighted by Gasteiger charge is -2.27. The first-order valence-electron chi connectivity index (χ1n) is 5.89. The van der Waals surface area contributed by atoms with Crippen LogP contribution >= 0.6 is 0 Å². The van der Waals surface area contributed by atoms with Gasteiger partial charge in [0.15, 0.2) is 0 Å². The second kappa shape index (κ2) is 6.48. The molecule has 0 heterocycles. The van der Waals surface area contributed by atoms with Gasteiger partial charge < -0.3 is 16.8 Å². The summed E-state index contributed by atoms with van der Waals surface area (Å²) in [5.74, 6) is 0.194. The molecular weight excluding hydrogens is 206 g/mol. The van der Waals surface area contributed by atoms with Gasteiger partial charge in [0, 0.05) is 18.9 Å². The first-order valence-corrected chi connectivity index (χ1v) is 5.89. The number of carbonyl (C=O) groups excluding carboxylic acids is 2. The molecule has 2 atom stereocenters. The summed E-state index contributed by atoms with van der Waals surface area (Å²) in [4.78, 5) is 22.2. The van der Waals surface area contributed by atoms with Gasteiger partial charge in [0.25, 0.3) is 0 Å². The number of nitrogens with one attached hydrogen (secondary N) is 1. The molecule has 0 saturated heterocycles. The Bertz CT molecular complexity index is 256. The predicted octanol–water partition coefficient (Wildman–Crippen LogP) is -0.257. The van der Waals surface area contributed by atoms with Gasteiger partial charge in [-0.05, 0) is 31.7 Å². The van der Waals surface area contributed by atoms with Crippen molar-refractivity contribution in [1.82, 2.24) is 5.32 Å². The molecule has 16 heavy (non-hydrogen) atoms. The van der Waals surface area contributed by atoms with Crippen LogP contribution in [0.2, 0.25) is 0 Å². The van der Waals surface area contributed by atoms with E-state index in [4.69, 9.17) is 11.5 Å². The van der Waals surface area contributed by atoms with Crippen LogP contribution in [0.3, 0.4) is 0 Å². The maximum atomic E-state index is 11.7. The van der Waals surface area contributed by atoms with Crippen LogP contribution in [-0.4, -0.2) is 24.9 Å². The van der Waals surface area contributed by atoms with Crippen molar-refractivity contribution in [3.8, 4) is 0 Å². The third-order valence-corrected chi connectivity index (χ3v) is 3.16. The highest BCUT2D eigenvalue weighted by molar-refractivity contribution is 5.80. The van der Waals surface area contributed by atoms with Crippen molar-refractivity contribution in [2.45, 2.75) is 32.1 Å². The second-order valence-corrected chi connectivity index (χ2v) is 4.47. The zero-order chi connectivity index (χ0) is 12.0. The van der Waals surface area contributed by atoms with E-state index in [1.165, 1.54) is 0 Å². The highest BCUT2D eigenvalue weighted by Gasteiger charge is 2.26. The minimum absolute atomic E-state index is 0.0411. The number of hydrogen-bond donors (Lipinski definition) is 3. The third kappa shape index (κ3) is 4.18. The van der Waals surface area contributed by atoms with Crippen molar-refractivity contribution in [3.63, 3.8) is 0 Å². The summed E-state index contributed by atoms with van der Waals surface area (Å²) in [6.07, 6.45) is 4.20. The van der Waals surface area contributed by atoms with Gasteiger partial charge in [-0.15, -0.1) is 0 Å². The molecule has 92 valence electrons. The quantitative estimate of drug-likeness (QED) is 0.603. The van der Waals surface area contributed by atoms with Crippen molar-refractivity contribution in [2.75, 3.05) is 13.1 Å². The Kier molecular flexibility index (Phi) is 5.25. The summed E-state index contributed by atoms with van der Waals surface area (Å²) in [6.45, 7) is 1.00. The fourth-order valence-electron chi connectivity index (χ4n) is 2.20. The van der Waals surface area contributed by atoms with Gasteiger partial charge in [0.2, 0.25) is 11.8 Å². The Labute approximate surface area is 95.9 Å². The highest BCUT2D eigenvalue weighted by atomic mass is 16.2. The van der Waals surface area contributed by atoms with E-state index in [2.05, 4.69) is 5.32 Å². The number of hydrogen-bond acceptors (Lipinski definition) is 3. The van der Waals surface area contributed by atoms with Crippen LogP contribution in [-0.2, 0) is 9.59 Å². The van der Waals surface area contributed by atoms with Crippen molar-refractivity contribution in [3.05, 3.63) is 0 Å². The van der Waals surface area contributed by atoms with E-state index in [1.54, 1.807) is 0 Å². The van der Waals surface area contributed by atoms with E-state index in [1.807, 2.05) is 0 Å². The van der Waals surface area contributed by atoms with E-state index >= 15 is 0 Å². The Hall–Kier alpha value is -1.10. The van der Waals surface area contributed by atoms with Crippen LogP contribution < -0.4 is 16.8 Å². The largest absolute Gasteiger partial charge is 0.370 e. The summed E-state index contributed by atoms with van der Waals surface area (Å²) in [7, 11) is 0. The van der Waals surface area contributed by atoms with E-state index in [0.29, 0.717) is 19.0 Å². The van der Waals surface area contributed by atoms with Crippen molar-refractivity contribution < 1.29 is 9.59 Å². The number of amides is 2. The van der Waals surface area contributed by atoms with Crippen molar-refractivity contribution in [1.29, 1.82) is 0 Å². The Morgan fingerprint density at radius 2 is 2.06 bits per heavy atom. The van der Waals surface area contributed by atoms with Gasteiger partial charge in [-0.25, -0.2) is 0 Å². The molecule has 0 radical (unpaired) electrons. The molecule has 2 unspecified atom stereocenters. The van der Waals surface area contributed by atoms with E-state index < -0.39 is 0 Å². The molecule has 1 fully saturated rings. The number of carbonyl (C=O) groups is 2. The molecule has 0 aliphatic heterocycles.